The van der Waals surface area contributed by atoms with Crippen LogP contribution in [0.3, 0.4) is 0 Å². The van der Waals surface area contributed by atoms with E-state index in [1.165, 1.54) is 42.8 Å². The van der Waals surface area contributed by atoms with E-state index in [0.29, 0.717) is 5.92 Å². The van der Waals surface area contributed by atoms with Crippen LogP contribution in [0.15, 0.2) is 72.8 Å². The Bertz CT molecular complexity index is 1140. The van der Waals surface area contributed by atoms with E-state index in [9.17, 15) is 0 Å². The van der Waals surface area contributed by atoms with E-state index < -0.39 is 0 Å². The second-order valence-corrected chi connectivity index (χ2v) is 8.78. The molecule has 0 amide bonds. The maximum atomic E-state index is 5.03. The van der Waals surface area contributed by atoms with Crippen molar-refractivity contribution in [3.05, 3.63) is 95.6 Å². The Hall–Kier alpha value is -2.98. The first-order valence-corrected chi connectivity index (χ1v) is 11.4. The third-order valence-electron chi connectivity index (χ3n) is 6.43. The first kappa shape index (κ1) is 20.0. The highest BCUT2D eigenvalue weighted by molar-refractivity contribution is 5.76. The molecule has 0 N–H and O–H groups in total. The lowest BCUT2D eigenvalue weighted by molar-refractivity contribution is 0.175. The fraction of sp³-hybridized carbons (Fsp3) is 0.333. The lowest BCUT2D eigenvalue weighted by atomic mass is 9.93. The topological polar surface area (TPSA) is 34.0 Å². The molecule has 0 spiro atoms. The lowest BCUT2D eigenvalue weighted by Crippen LogP contribution is -2.34. The molecule has 4 aromatic rings. The van der Waals surface area contributed by atoms with Crippen LogP contribution in [0.1, 0.15) is 35.6 Å². The molecule has 1 fully saturated rings. The molecule has 1 saturated heterocycles. The third kappa shape index (κ3) is 4.70. The summed E-state index contributed by atoms with van der Waals surface area (Å²) >= 11 is 0. The van der Waals surface area contributed by atoms with Gasteiger partial charge in [-0.25, -0.2) is 4.98 Å². The first-order valence-electron chi connectivity index (χ1n) is 11.4. The van der Waals surface area contributed by atoms with E-state index in [0.717, 1.165) is 36.4 Å². The zero-order chi connectivity index (χ0) is 21.0. The molecule has 2 aromatic heterocycles. The molecule has 0 radical (unpaired) electrons. The van der Waals surface area contributed by atoms with E-state index in [-0.39, 0.29) is 0 Å². The summed E-state index contributed by atoms with van der Waals surface area (Å²) in [5.74, 6) is 1.89. The number of aryl methyl sites for hydroxylation is 1. The summed E-state index contributed by atoms with van der Waals surface area (Å²) in [6.45, 7) is 6.23. The van der Waals surface area contributed by atoms with Gasteiger partial charge in [-0.1, -0.05) is 48.5 Å². The number of benzene rings is 2. The number of fused-ring (bicyclic) bond motifs is 1. The normalized spacial score (nSPS) is 15.5. The molecule has 2 aromatic carbocycles. The van der Waals surface area contributed by atoms with Crippen molar-refractivity contribution in [2.45, 2.75) is 39.3 Å². The molecule has 0 bridgehead atoms. The van der Waals surface area contributed by atoms with Gasteiger partial charge in [-0.15, -0.1) is 0 Å². The van der Waals surface area contributed by atoms with Gasteiger partial charge in [-0.05, 0) is 68.6 Å². The Morgan fingerprint density at radius 1 is 0.806 bits per heavy atom. The molecule has 5 rings (SSSR count). The number of hydrogen-bond acceptors (Lipinski definition) is 3. The number of pyridine rings is 1. The number of para-hydroxylation sites is 2. The van der Waals surface area contributed by atoms with Gasteiger partial charge >= 0.3 is 0 Å². The van der Waals surface area contributed by atoms with E-state index in [1.807, 2.05) is 0 Å². The number of piperidine rings is 1. The Morgan fingerprint density at radius 3 is 2.39 bits per heavy atom. The molecule has 4 nitrogen and oxygen atoms in total. The van der Waals surface area contributed by atoms with Crippen LogP contribution in [0.25, 0.3) is 11.0 Å². The number of rotatable bonds is 6. The summed E-state index contributed by atoms with van der Waals surface area (Å²) in [7, 11) is 0. The van der Waals surface area contributed by atoms with Gasteiger partial charge in [-0.3, -0.25) is 9.88 Å². The summed E-state index contributed by atoms with van der Waals surface area (Å²) in [4.78, 5) is 12.4. The van der Waals surface area contributed by atoms with E-state index in [2.05, 4.69) is 89.2 Å². The smallest absolute Gasteiger partial charge is 0.110 e. The SMILES string of the molecule is Cc1cccc(Cn2c(CC3CCN(Cc4ccccc4)CC3)nc3ccccc32)n1. The Kier molecular flexibility index (Phi) is 5.81. The van der Waals surface area contributed by atoms with E-state index in [4.69, 9.17) is 9.97 Å². The van der Waals surface area contributed by atoms with E-state index in [1.54, 1.807) is 0 Å². The van der Waals surface area contributed by atoms with Crippen molar-refractivity contribution in [2.75, 3.05) is 13.1 Å². The summed E-state index contributed by atoms with van der Waals surface area (Å²) in [5.41, 5.74) is 5.87. The Morgan fingerprint density at radius 2 is 1.58 bits per heavy atom. The van der Waals surface area contributed by atoms with Crippen molar-refractivity contribution >= 4 is 11.0 Å². The summed E-state index contributed by atoms with van der Waals surface area (Å²) in [6, 6.07) is 25.6. The predicted octanol–water partition coefficient (Wildman–Crippen LogP) is 5.24. The molecule has 0 atom stereocenters. The highest BCUT2D eigenvalue weighted by Crippen LogP contribution is 2.25. The molecular formula is C27H30N4. The average molecular weight is 411 g/mol. The molecule has 1 aliphatic heterocycles. The van der Waals surface area contributed by atoms with Crippen LogP contribution < -0.4 is 0 Å². The molecule has 31 heavy (non-hydrogen) atoms. The second-order valence-electron chi connectivity index (χ2n) is 8.78. The quantitative estimate of drug-likeness (QED) is 0.436. The van der Waals surface area contributed by atoms with Crippen LogP contribution in [-0.4, -0.2) is 32.5 Å². The lowest BCUT2D eigenvalue weighted by Gasteiger charge is -2.32. The molecule has 0 unspecified atom stereocenters. The first-order chi connectivity index (χ1) is 15.2. The zero-order valence-electron chi connectivity index (χ0n) is 18.2. The fourth-order valence-electron chi connectivity index (χ4n) is 4.76. The van der Waals surface area contributed by atoms with Gasteiger partial charge < -0.3 is 4.57 Å². The maximum Gasteiger partial charge on any atom is 0.110 e. The van der Waals surface area contributed by atoms with Crippen molar-refractivity contribution in [3.8, 4) is 0 Å². The van der Waals surface area contributed by atoms with Crippen LogP contribution in [0.4, 0.5) is 0 Å². The predicted molar refractivity (Wildman–Crippen MR) is 126 cm³/mol. The van der Waals surface area contributed by atoms with Crippen LogP contribution in [0, 0.1) is 12.8 Å². The largest absolute Gasteiger partial charge is 0.322 e. The number of hydrogen-bond donors (Lipinski definition) is 0. The molecule has 0 saturated carbocycles. The average Bonchev–Trinajstić information content (AvgIpc) is 3.13. The molecular weight excluding hydrogens is 380 g/mol. The molecule has 158 valence electrons. The van der Waals surface area contributed by atoms with Crippen LogP contribution in [0.2, 0.25) is 0 Å². The summed E-state index contributed by atoms with van der Waals surface area (Å²) in [6.07, 6.45) is 3.51. The van der Waals surface area contributed by atoms with Gasteiger partial charge in [0.25, 0.3) is 0 Å². The molecule has 0 aliphatic carbocycles. The number of aromatic nitrogens is 3. The standard InChI is InChI=1S/C27H30N4/c1-21-8-7-11-24(28-21)20-31-26-13-6-5-12-25(26)29-27(31)18-22-14-16-30(17-15-22)19-23-9-3-2-4-10-23/h2-13,22H,14-20H2,1H3. The van der Waals surface area contributed by atoms with Gasteiger partial charge in [-0.2, -0.15) is 0 Å². The molecule has 4 heteroatoms. The number of likely N-dealkylation sites (tertiary alicyclic amines) is 1. The van der Waals surface area contributed by atoms with Crippen molar-refractivity contribution in [3.63, 3.8) is 0 Å². The van der Waals surface area contributed by atoms with Gasteiger partial charge in [0.05, 0.1) is 23.3 Å². The van der Waals surface area contributed by atoms with E-state index >= 15 is 0 Å². The number of imidazole rings is 1. The van der Waals surface area contributed by atoms with Gasteiger partial charge in [0.1, 0.15) is 5.82 Å². The van der Waals surface area contributed by atoms with Crippen LogP contribution >= 0.6 is 0 Å². The minimum absolute atomic E-state index is 0.688. The monoisotopic (exact) mass is 410 g/mol. The fourth-order valence-corrected chi connectivity index (χ4v) is 4.76. The van der Waals surface area contributed by atoms with Crippen molar-refractivity contribution in [1.29, 1.82) is 0 Å². The molecule has 1 aliphatic rings. The van der Waals surface area contributed by atoms with Crippen molar-refractivity contribution in [2.24, 2.45) is 5.92 Å². The summed E-state index contributed by atoms with van der Waals surface area (Å²) in [5, 5.41) is 0. The molecule has 3 heterocycles. The van der Waals surface area contributed by atoms with Crippen molar-refractivity contribution < 1.29 is 0 Å². The Labute approximate surface area is 184 Å². The van der Waals surface area contributed by atoms with Gasteiger partial charge in [0.15, 0.2) is 0 Å². The maximum absolute atomic E-state index is 5.03. The zero-order valence-corrected chi connectivity index (χ0v) is 18.2. The second kappa shape index (κ2) is 9.03. The highest BCUT2D eigenvalue weighted by Gasteiger charge is 2.22. The van der Waals surface area contributed by atoms with Crippen molar-refractivity contribution in [1.82, 2.24) is 19.4 Å². The highest BCUT2D eigenvalue weighted by atomic mass is 15.1. The van der Waals surface area contributed by atoms with Crippen LogP contribution in [-0.2, 0) is 19.5 Å². The minimum atomic E-state index is 0.688. The minimum Gasteiger partial charge on any atom is -0.322 e. The van der Waals surface area contributed by atoms with Crippen LogP contribution in [0.5, 0.6) is 0 Å². The number of nitrogens with zero attached hydrogens (tertiary/aromatic N) is 4. The van der Waals surface area contributed by atoms with Gasteiger partial charge in [0, 0.05) is 18.7 Å². The summed E-state index contributed by atoms with van der Waals surface area (Å²) < 4.78 is 2.38. The third-order valence-corrected chi connectivity index (χ3v) is 6.43. The van der Waals surface area contributed by atoms with Gasteiger partial charge in [0.2, 0.25) is 0 Å². The Balaban J connectivity index is 1.30.